The van der Waals surface area contributed by atoms with Crippen molar-refractivity contribution >= 4 is 17.5 Å². The van der Waals surface area contributed by atoms with Gasteiger partial charge in [0.25, 0.3) is 5.91 Å². The van der Waals surface area contributed by atoms with Crippen LogP contribution in [0.5, 0.6) is 5.75 Å². The third-order valence-electron chi connectivity index (χ3n) is 4.00. The van der Waals surface area contributed by atoms with E-state index >= 15 is 0 Å². The van der Waals surface area contributed by atoms with Gasteiger partial charge in [0.15, 0.2) is 0 Å². The summed E-state index contributed by atoms with van der Waals surface area (Å²) in [6.45, 7) is 0.832. The van der Waals surface area contributed by atoms with Crippen LogP contribution in [0.25, 0.3) is 16.9 Å². The second-order valence-electron chi connectivity index (χ2n) is 5.76. The Morgan fingerprint density at radius 2 is 1.89 bits per heavy atom. The molecule has 0 aliphatic rings. The number of para-hydroxylation sites is 1. The molecule has 1 amide bonds. The summed E-state index contributed by atoms with van der Waals surface area (Å²) in [6.07, 6.45) is 0. The number of aromatic nitrogens is 2. The molecule has 1 heterocycles. The topological polar surface area (TPSA) is 65.4 Å². The lowest BCUT2D eigenvalue weighted by Crippen LogP contribution is -2.28. The summed E-state index contributed by atoms with van der Waals surface area (Å²) in [6, 6.07) is 16.5. The maximum absolute atomic E-state index is 12.7. The monoisotopic (exact) mass is 385 g/mol. The van der Waals surface area contributed by atoms with Crippen LogP contribution >= 0.6 is 11.6 Å². The summed E-state index contributed by atoms with van der Waals surface area (Å²) in [4.78, 5) is 12.7. The van der Waals surface area contributed by atoms with Crippen LogP contribution in [0.2, 0.25) is 5.02 Å². The number of hydrogen-bond acceptors (Lipinski definition) is 4. The van der Waals surface area contributed by atoms with Crippen LogP contribution in [-0.4, -0.2) is 43.1 Å². The van der Waals surface area contributed by atoms with Crippen molar-refractivity contribution in [3.05, 3.63) is 65.3 Å². The number of carbonyl (C=O) groups excluding carboxylic acids is 1. The first-order valence-corrected chi connectivity index (χ1v) is 8.78. The molecule has 0 aliphatic carbocycles. The number of amides is 1. The van der Waals surface area contributed by atoms with Crippen LogP contribution in [0.1, 0.15) is 10.5 Å². The zero-order valence-corrected chi connectivity index (χ0v) is 15.9. The Kier molecular flexibility index (Phi) is 6.11. The molecular weight excluding hydrogens is 366 g/mol. The summed E-state index contributed by atoms with van der Waals surface area (Å²) < 4.78 is 11.7. The minimum absolute atomic E-state index is 0.251. The Morgan fingerprint density at radius 3 is 2.56 bits per heavy atom. The number of benzene rings is 2. The molecule has 1 aromatic heterocycles. The number of nitrogens with one attached hydrogen (secondary N) is 1. The lowest BCUT2D eigenvalue weighted by Gasteiger charge is -2.09. The number of halogens is 1. The molecule has 0 saturated carbocycles. The first-order valence-electron chi connectivity index (χ1n) is 8.40. The van der Waals surface area contributed by atoms with Gasteiger partial charge in [0.1, 0.15) is 11.4 Å². The molecule has 0 unspecified atom stereocenters. The molecule has 0 fully saturated rings. The van der Waals surface area contributed by atoms with Crippen LogP contribution < -0.4 is 10.1 Å². The molecule has 3 rings (SSSR count). The largest absolute Gasteiger partial charge is 0.497 e. The van der Waals surface area contributed by atoms with Crippen molar-refractivity contribution in [2.24, 2.45) is 0 Å². The molecule has 0 aliphatic heterocycles. The van der Waals surface area contributed by atoms with Gasteiger partial charge < -0.3 is 14.8 Å². The van der Waals surface area contributed by atoms with Crippen molar-refractivity contribution in [2.45, 2.75) is 0 Å². The number of nitrogens with zero attached hydrogens (tertiary/aromatic N) is 2. The van der Waals surface area contributed by atoms with Crippen LogP contribution in [-0.2, 0) is 4.74 Å². The molecule has 2 aromatic carbocycles. The fourth-order valence-corrected chi connectivity index (χ4v) is 2.83. The minimum atomic E-state index is -0.251. The van der Waals surface area contributed by atoms with Gasteiger partial charge in [-0.3, -0.25) is 4.79 Å². The number of rotatable bonds is 7. The fraction of sp³-hybridized carbons (Fsp3) is 0.200. The maximum Gasteiger partial charge on any atom is 0.270 e. The van der Waals surface area contributed by atoms with Gasteiger partial charge in [0, 0.05) is 19.2 Å². The molecule has 1 N–H and O–H groups in total. The summed E-state index contributed by atoms with van der Waals surface area (Å²) in [5, 5.41) is 7.95. The van der Waals surface area contributed by atoms with Crippen molar-refractivity contribution in [1.29, 1.82) is 0 Å². The standard InChI is InChI=1S/C20H20ClN3O3/c1-26-12-11-22-20(25)19-13-17(14-7-9-15(27-2)10-8-14)23-24(19)18-6-4-3-5-16(18)21/h3-10,13H,11-12H2,1-2H3,(H,22,25). The molecule has 6 nitrogen and oxygen atoms in total. The molecular formula is C20H20ClN3O3. The molecule has 7 heteroatoms. The molecule has 0 spiro atoms. The van der Waals surface area contributed by atoms with Gasteiger partial charge in [0.05, 0.1) is 30.1 Å². The number of methoxy groups -OCH3 is 2. The lowest BCUT2D eigenvalue weighted by atomic mass is 10.1. The minimum Gasteiger partial charge on any atom is -0.497 e. The number of ether oxygens (including phenoxy) is 2. The quantitative estimate of drug-likeness (QED) is 0.631. The molecule has 140 valence electrons. The SMILES string of the molecule is COCCNC(=O)c1cc(-c2ccc(OC)cc2)nn1-c1ccccc1Cl. The van der Waals surface area contributed by atoms with E-state index in [0.717, 1.165) is 11.3 Å². The first kappa shape index (κ1) is 18.9. The van der Waals surface area contributed by atoms with Crippen molar-refractivity contribution < 1.29 is 14.3 Å². The Morgan fingerprint density at radius 1 is 1.15 bits per heavy atom. The van der Waals surface area contributed by atoms with Gasteiger partial charge in [-0.05, 0) is 42.5 Å². The van der Waals surface area contributed by atoms with E-state index in [-0.39, 0.29) is 5.91 Å². The second-order valence-corrected chi connectivity index (χ2v) is 6.16. The van der Waals surface area contributed by atoms with Gasteiger partial charge >= 0.3 is 0 Å². The van der Waals surface area contributed by atoms with E-state index < -0.39 is 0 Å². The zero-order valence-electron chi connectivity index (χ0n) is 15.1. The lowest BCUT2D eigenvalue weighted by molar-refractivity contribution is 0.0929. The second kappa shape index (κ2) is 8.70. The Balaban J connectivity index is 2.02. The highest BCUT2D eigenvalue weighted by atomic mass is 35.5. The molecule has 27 heavy (non-hydrogen) atoms. The smallest absolute Gasteiger partial charge is 0.270 e. The maximum atomic E-state index is 12.7. The third-order valence-corrected chi connectivity index (χ3v) is 4.32. The van der Waals surface area contributed by atoms with E-state index in [0.29, 0.717) is 35.2 Å². The average molecular weight is 386 g/mol. The van der Waals surface area contributed by atoms with Crippen LogP contribution in [0.3, 0.4) is 0 Å². The molecule has 0 saturated heterocycles. The summed E-state index contributed by atoms with van der Waals surface area (Å²) in [5.74, 6) is 0.501. The Labute approximate surface area is 162 Å². The van der Waals surface area contributed by atoms with Crippen molar-refractivity contribution in [3.63, 3.8) is 0 Å². The summed E-state index contributed by atoms with van der Waals surface area (Å²) in [7, 11) is 3.20. The highest BCUT2D eigenvalue weighted by Crippen LogP contribution is 2.26. The third kappa shape index (κ3) is 4.30. The zero-order chi connectivity index (χ0) is 19.2. The van der Waals surface area contributed by atoms with E-state index in [4.69, 9.17) is 21.1 Å². The van der Waals surface area contributed by atoms with Gasteiger partial charge in [0.2, 0.25) is 0 Å². The Hall–Kier alpha value is -2.83. The normalized spacial score (nSPS) is 10.6. The van der Waals surface area contributed by atoms with Gasteiger partial charge in [-0.25, -0.2) is 4.68 Å². The average Bonchev–Trinajstić information content (AvgIpc) is 3.14. The van der Waals surface area contributed by atoms with Gasteiger partial charge in [-0.15, -0.1) is 0 Å². The summed E-state index contributed by atoms with van der Waals surface area (Å²) >= 11 is 6.33. The Bertz CT molecular complexity index is 922. The number of carbonyl (C=O) groups is 1. The highest BCUT2D eigenvalue weighted by Gasteiger charge is 2.18. The molecule has 0 bridgehead atoms. The van der Waals surface area contributed by atoms with Gasteiger partial charge in [-0.1, -0.05) is 23.7 Å². The van der Waals surface area contributed by atoms with E-state index in [1.165, 1.54) is 0 Å². The van der Waals surface area contributed by atoms with E-state index in [9.17, 15) is 4.79 Å². The van der Waals surface area contributed by atoms with E-state index in [1.807, 2.05) is 42.5 Å². The van der Waals surface area contributed by atoms with Crippen molar-refractivity contribution in [2.75, 3.05) is 27.4 Å². The summed E-state index contributed by atoms with van der Waals surface area (Å²) in [5.41, 5.74) is 2.56. The number of hydrogen-bond donors (Lipinski definition) is 1. The van der Waals surface area contributed by atoms with E-state index in [1.54, 1.807) is 31.0 Å². The highest BCUT2D eigenvalue weighted by molar-refractivity contribution is 6.32. The fourth-order valence-electron chi connectivity index (χ4n) is 2.61. The van der Waals surface area contributed by atoms with Crippen LogP contribution in [0.4, 0.5) is 0 Å². The molecule has 0 atom stereocenters. The van der Waals surface area contributed by atoms with Crippen LogP contribution in [0.15, 0.2) is 54.6 Å². The predicted octanol–water partition coefficient (Wildman–Crippen LogP) is 3.58. The van der Waals surface area contributed by atoms with Crippen molar-refractivity contribution in [3.8, 4) is 22.7 Å². The molecule has 3 aromatic rings. The van der Waals surface area contributed by atoms with E-state index in [2.05, 4.69) is 10.4 Å². The van der Waals surface area contributed by atoms with Crippen LogP contribution in [0, 0.1) is 0 Å². The van der Waals surface area contributed by atoms with Gasteiger partial charge in [-0.2, -0.15) is 5.10 Å². The van der Waals surface area contributed by atoms with Crippen molar-refractivity contribution in [1.82, 2.24) is 15.1 Å². The first-order chi connectivity index (χ1) is 13.1. The predicted molar refractivity (Wildman–Crippen MR) is 105 cm³/mol. The molecule has 0 radical (unpaired) electrons.